The van der Waals surface area contributed by atoms with Crippen LogP contribution in [-0.2, 0) is 16.1 Å². The monoisotopic (exact) mass is 365 g/mol. The Balaban J connectivity index is 0.000000487. The van der Waals surface area contributed by atoms with Crippen LogP contribution in [-0.4, -0.2) is 41.4 Å². The SMILES string of the molecule is CC(C)Oc1ccccc1OCCNCc1ccco1.O=C(O)C(=O)O. The average Bonchev–Trinajstić information content (AvgIpc) is 3.09. The predicted octanol–water partition coefficient (Wildman–Crippen LogP) is 2.39. The lowest BCUT2D eigenvalue weighted by molar-refractivity contribution is -0.159. The largest absolute Gasteiger partial charge is 0.488 e. The van der Waals surface area contributed by atoms with Gasteiger partial charge in [0.25, 0.3) is 0 Å². The molecule has 26 heavy (non-hydrogen) atoms. The van der Waals surface area contributed by atoms with E-state index in [1.54, 1.807) is 6.26 Å². The normalized spacial score (nSPS) is 9.96. The fourth-order valence-corrected chi connectivity index (χ4v) is 1.78. The van der Waals surface area contributed by atoms with E-state index in [-0.39, 0.29) is 6.10 Å². The summed E-state index contributed by atoms with van der Waals surface area (Å²) >= 11 is 0. The molecule has 2 aromatic rings. The van der Waals surface area contributed by atoms with Gasteiger partial charge in [-0.3, -0.25) is 0 Å². The first-order chi connectivity index (χ1) is 12.4. The number of ether oxygens (including phenoxy) is 2. The third-order valence-corrected chi connectivity index (χ3v) is 2.81. The van der Waals surface area contributed by atoms with Gasteiger partial charge in [-0.2, -0.15) is 0 Å². The molecule has 0 radical (unpaired) electrons. The van der Waals surface area contributed by atoms with Crippen LogP contribution >= 0.6 is 0 Å². The highest BCUT2D eigenvalue weighted by Gasteiger charge is 2.06. The number of hydrogen-bond acceptors (Lipinski definition) is 6. The Morgan fingerprint density at radius 3 is 2.27 bits per heavy atom. The molecule has 2 rings (SSSR count). The number of nitrogens with one attached hydrogen (secondary N) is 1. The van der Waals surface area contributed by atoms with Gasteiger partial charge in [-0.1, -0.05) is 12.1 Å². The standard InChI is InChI=1S/C16H21NO3.C2H2O4/c1-13(2)20-16-8-4-3-7-15(16)19-11-9-17-12-14-6-5-10-18-14;3-1(4)2(5)6/h3-8,10,13,17H,9,11-12H2,1-2H3;(H,3,4)(H,5,6). The van der Waals surface area contributed by atoms with Crippen LogP contribution in [0.2, 0.25) is 0 Å². The summed E-state index contributed by atoms with van der Waals surface area (Å²) in [6.07, 6.45) is 1.81. The van der Waals surface area contributed by atoms with Crippen molar-refractivity contribution in [3.63, 3.8) is 0 Å². The number of para-hydroxylation sites is 2. The van der Waals surface area contributed by atoms with Gasteiger partial charge in [-0.15, -0.1) is 0 Å². The predicted molar refractivity (Wildman–Crippen MR) is 93.4 cm³/mol. The molecule has 1 aromatic heterocycles. The van der Waals surface area contributed by atoms with Crippen LogP contribution in [0.15, 0.2) is 47.1 Å². The van der Waals surface area contributed by atoms with Gasteiger partial charge in [-0.25, -0.2) is 9.59 Å². The highest BCUT2D eigenvalue weighted by atomic mass is 16.5. The molecule has 0 fully saturated rings. The number of benzene rings is 1. The fraction of sp³-hybridized carbons (Fsp3) is 0.333. The smallest absolute Gasteiger partial charge is 0.414 e. The number of aliphatic carboxylic acids is 2. The molecule has 142 valence electrons. The first-order valence-electron chi connectivity index (χ1n) is 7.98. The molecule has 0 saturated carbocycles. The summed E-state index contributed by atoms with van der Waals surface area (Å²) in [6, 6.07) is 11.6. The van der Waals surface area contributed by atoms with Crippen LogP contribution in [0.3, 0.4) is 0 Å². The van der Waals surface area contributed by atoms with Gasteiger partial charge in [0.15, 0.2) is 11.5 Å². The number of furan rings is 1. The van der Waals surface area contributed by atoms with Crippen LogP contribution < -0.4 is 14.8 Å². The van der Waals surface area contributed by atoms with E-state index in [1.165, 1.54) is 0 Å². The average molecular weight is 365 g/mol. The second-order valence-electron chi connectivity index (χ2n) is 5.33. The van der Waals surface area contributed by atoms with Crippen molar-refractivity contribution < 1.29 is 33.7 Å². The summed E-state index contributed by atoms with van der Waals surface area (Å²) in [4.78, 5) is 18.2. The number of carbonyl (C=O) groups is 2. The summed E-state index contributed by atoms with van der Waals surface area (Å²) in [5, 5.41) is 18.0. The van der Waals surface area contributed by atoms with Crippen LogP contribution in [0.25, 0.3) is 0 Å². The van der Waals surface area contributed by atoms with Crippen molar-refractivity contribution in [1.82, 2.24) is 5.32 Å². The van der Waals surface area contributed by atoms with E-state index >= 15 is 0 Å². The zero-order chi connectivity index (χ0) is 19.4. The lowest BCUT2D eigenvalue weighted by atomic mass is 10.3. The Kier molecular flexibility index (Phi) is 9.34. The van der Waals surface area contributed by atoms with Gasteiger partial charge < -0.3 is 29.4 Å². The summed E-state index contributed by atoms with van der Waals surface area (Å²) in [5.74, 6) is -1.16. The lowest BCUT2D eigenvalue weighted by Crippen LogP contribution is -2.20. The van der Waals surface area contributed by atoms with Crippen molar-refractivity contribution in [2.75, 3.05) is 13.2 Å². The zero-order valence-electron chi connectivity index (χ0n) is 14.7. The van der Waals surface area contributed by atoms with Crippen LogP contribution in [0.5, 0.6) is 11.5 Å². The van der Waals surface area contributed by atoms with Gasteiger partial charge in [0, 0.05) is 6.54 Å². The maximum absolute atomic E-state index is 9.10. The highest BCUT2D eigenvalue weighted by molar-refractivity contribution is 6.27. The molecule has 0 unspecified atom stereocenters. The summed E-state index contributed by atoms with van der Waals surface area (Å²) in [5.41, 5.74) is 0. The topological polar surface area (TPSA) is 118 Å². The fourth-order valence-electron chi connectivity index (χ4n) is 1.78. The van der Waals surface area contributed by atoms with E-state index < -0.39 is 11.9 Å². The van der Waals surface area contributed by atoms with E-state index in [2.05, 4.69) is 5.32 Å². The Bertz CT molecular complexity index is 656. The number of carboxylic acid groups (broad SMARTS) is 2. The molecular weight excluding hydrogens is 342 g/mol. The molecule has 0 aliphatic heterocycles. The molecule has 0 aliphatic carbocycles. The Labute approximate surface area is 151 Å². The third kappa shape index (κ3) is 8.74. The van der Waals surface area contributed by atoms with Crippen LogP contribution in [0.4, 0.5) is 0 Å². The van der Waals surface area contributed by atoms with Crippen molar-refractivity contribution in [3.05, 3.63) is 48.4 Å². The number of hydrogen-bond donors (Lipinski definition) is 3. The first kappa shape index (κ1) is 21.0. The molecule has 1 heterocycles. The van der Waals surface area contributed by atoms with E-state index in [0.29, 0.717) is 13.2 Å². The summed E-state index contributed by atoms with van der Waals surface area (Å²) in [6.45, 7) is 6.04. The molecule has 0 amide bonds. The summed E-state index contributed by atoms with van der Waals surface area (Å²) in [7, 11) is 0. The summed E-state index contributed by atoms with van der Waals surface area (Å²) < 4.78 is 16.7. The second kappa shape index (κ2) is 11.5. The minimum Gasteiger partial charge on any atom is -0.488 e. The molecule has 0 aliphatic rings. The van der Waals surface area contributed by atoms with Crippen molar-refractivity contribution in [2.45, 2.75) is 26.5 Å². The molecule has 0 spiro atoms. The molecule has 3 N–H and O–H groups in total. The van der Waals surface area contributed by atoms with E-state index in [0.717, 1.165) is 23.8 Å². The van der Waals surface area contributed by atoms with Gasteiger partial charge >= 0.3 is 11.9 Å². The van der Waals surface area contributed by atoms with Gasteiger partial charge in [0.1, 0.15) is 12.4 Å². The minimum absolute atomic E-state index is 0.136. The number of rotatable bonds is 8. The molecular formula is C18H23NO7. The van der Waals surface area contributed by atoms with E-state index in [1.807, 2.05) is 50.2 Å². The van der Waals surface area contributed by atoms with Crippen LogP contribution in [0.1, 0.15) is 19.6 Å². The lowest BCUT2D eigenvalue weighted by Gasteiger charge is -2.14. The number of carboxylic acids is 2. The molecule has 0 saturated heterocycles. The quantitative estimate of drug-likeness (QED) is 0.482. The molecule has 8 nitrogen and oxygen atoms in total. The van der Waals surface area contributed by atoms with E-state index in [4.69, 9.17) is 33.7 Å². The van der Waals surface area contributed by atoms with Crippen molar-refractivity contribution in [1.29, 1.82) is 0 Å². The van der Waals surface area contributed by atoms with Gasteiger partial charge in [0.2, 0.25) is 0 Å². The highest BCUT2D eigenvalue weighted by Crippen LogP contribution is 2.27. The van der Waals surface area contributed by atoms with Crippen molar-refractivity contribution >= 4 is 11.9 Å². The molecule has 1 aromatic carbocycles. The molecule has 0 atom stereocenters. The minimum atomic E-state index is -1.82. The molecule has 8 heteroatoms. The second-order valence-corrected chi connectivity index (χ2v) is 5.33. The third-order valence-electron chi connectivity index (χ3n) is 2.81. The Morgan fingerprint density at radius 2 is 1.73 bits per heavy atom. The van der Waals surface area contributed by atoms with Gasteiger partial charge in [-0.05, 0) is 38.1 Å². The van der Waals surface area contributed by atoms with E-state index in [9.17, 15) is 0 Å². The zero-order valence-corrected chi connectivity index (χ0v) is 14.7. The maximum Gasteiger partial charge on any atom is 0.414 e. The Morgan fingerprint density at radius 1 is 1.08 bits per heavy atom. The Hall–Kier alpha value is -3.00. The van der Waals surface area contributed by atoms with Gasteiger partial charge in [0.05, 0.1) is 18.9 Å². The molecule has 0 bridgehead atoms. The van der Waals surface area contributed by atoms with Crippen molar-refractivity contribution in [2.24, 2.45) is 0 Å². The van der Waals surface area contributed by atoms with Crippen molar-refractivity contribution in [3.8, 4) is 11.5 Å². The van der Waals surface area contributed by atoms with Crippen LogP contribution in [0, 0.1) is 0 Å². The first-order valence-corrected chi connectivity index (χ1v) is 7.98. The maximum atomic E-state index is 9.10.